The molecule has 0 spiro atoms. The van der Waals surface area contributed by atoms with Gasteiger partial charge in [-0.2, -0.15) is 0 Å². The summed E-state index contributed by atoms with van der Waals surface area (Å²) < 4.78 is 14.6. The lowest BCUT2D eigenvalue weighted by Gasteiger charge is -2.36. The van der Waals surface area contributed by atoms with Crippen molar-refractivity contribution >= 4 is 15.9 Å². The van der Waals surface area contributed by atoms with Gasteiger partial charge in [0, 0.05) is 22.6 Å². The van der Waals surface area contributed by atoms with E-state index in [0.717, 1.165) is 22.9 Å². The van der Waals surface area contributed by atoms with Crippen LogP contribution in [0.15, 0.2) is 46.9 Å². The molecule has 0 atom stereocenters. The fourth-order valence-corrected chi connectivity index (χ4v) is 3.32. The molecule has 1 fully saturated rings. The zero-order valence-corrected chi connectivity index (χ0v) is 13.7. The van der Waals surface area contributed by atoms with Crippen molar-refractivity contribution in [2.24, 2.45) is 0 Å². The van der Waals surface area contributed by atoms with Crippen molar-refractivity contribution in [2.45, 2.75) is 38.3 Å². The highest BCUT2D eigenvalue weighted by atomic mass is 79.9. The van der Waals surface area contributed by atoms with Crippen molar-refractivity contribution in [3.05, 3.63) is 69.4 Å². The highest BCUT2D eigenvalue weighted by molar-refractivity contribution is 9.10. The van der Waals surface area contributed by atoms with Gasteiger partial charge in [-0.15, -0.1) is 0 Å². The maximum atomic E-state index is 13.7. The minimum absolute atomic E-state index is 0.139. The summed E-state index contributed by atoms with van der Waals surface area (Å²) in [5, 5.41) is 3.46. The Balaban J connectivity index is 1.52. The molecule has 0 amide bonds. The van der Waals surface area contributed by atoms with Crippen molar-refractivity contribution in [3.63, 3.8) is 0 Å². The van der Waals surface area contributed by atoms with E-state index in [1.165, 1.54) is 17.2 Å². The van der Waals surface area contributed by atoms with Crippen LogP contribution in [0.2, 0.25) is 0 Å². The third kappa shape index (κ3) is 3.53. The summed E-state index contributed by atoms with van der Waals surface area (Å²) in [5.41, 5.74) is 3.48. The lowest BCUT2D eigenvalue weighted by molar-refractivity contribution is 0.288. The normalized spacial score (nSPS) is 21.1. The van der Waals surface area contributed by atoms with Gasteiger partial charge < -0.3 is 5.32 Å². The van der Waals surface area contributed by atoms with E-state index in [-0.39, 0.29) is 5.82 Å². The molecule has 3 rings (SSSR count). The van der Waals surface area contributed by atoms with Crippen molar-refractivity contribution in [2.75, 3.05) is 0 Å². The molecule has 2 aromatic carbocycles. The molecule has 1 saturated carbocycles. The van der Waals surface area contributed by atoms with Gasteiger partial charge in [-0.05, 0) is 49.4 Å². The molecule has 21 heavy (non-hydrogen) atoms. The van der Waals surface area contributed by atoms with Crippen LogP contribution in [0.4, 0.5) is 4.39 Å². The molecule has 0 aliphatic heterocycles. The van der Waals surface area contributed by atoms with Crippen LogP contribution in [0.1, 0.15) is 35.4 Å². The summed E-state index contributed by atoms with van der Waals surface area (Å²) in [6.07, 6.45) is 2.28. The molecule has 1 N–H and O–H groups in total. The van der Waals surface area contributed by atoms with Crippen LogP contribution in [-0.4, -0.2) is 6.04 Å². The third-order valence-electron chi connectivity index (χ3n) is 4.24. The summed E-state index contributed by atoms with van der Waals surface area (Å²) in [6, 6.07) is 14.3. The van der Waals surface area contributed by atoms with Crippen molar-refractivity contribution < 1.29 is 4.39 Å². The fraction of sp³-hybridized carbons (Fsp3) is 0.333. The molecule has 110 valence electrons. The maximum absolute atomic E-state index is 13.7. The topological polar surface area (TPSA) is 12.0 Å². The quantitative estimate of drug-likeness (QED) is 0.826. The second kappa shape index (κ2) is 6.29. The van der Waals surface area contributed by atoms with E-state index in [1.54, 1.807) is 6.07 Å². The van der Waals surface area contributed by atoms with Crippen LogP contribution in [0, 0.1) is 12.7 Å². The SMILES string of the molecule is Cc1cccc(C2CC(NCc3cc(Br)ccc3F)C2)c1. The van der Waals surface area contributed by atoms with Crippen molar-refractivity contribution in [3.8, 4) is 0 Å². The Kier molecular flexibility index (Phi) is 4.41. The first-order valence-electron chi connectivity index (χ1n) is 7.35. The van der Waals surface area contributed by atoms with E-state index in [4.69, 9.17) is 0 Å². The molecule has 1 nitrogen and oxygen atoms in total. The number of nitrogens with one attached hydrogen (secondary N) is 1. The van der Waals surface area contributed by atoms with Gasteiger partial charge in [-0.3, -0.25) is 0 Å². The maximum Gasteiger partial charge on any atom is 0.127 e. The fourth-order valence-electron chi connectivity index (χ4n) is 2.91. The van der Waals surface area contributed by atoms with Crippen molar-refractivity contribution in [1.29, 1.82) is 0 Å². The predicted octanol–water partition coefficient (Wildman–Crippen LogP) is 4.93. The highest BCUT2D eigenvalue weighted by Crippen LogP contribution is 2.37. The minimum Gasteiger partial charge on any atom is -0.310 e. The van der Waals surface area contributed by atoms with Crippen LogP contribution < -0.4 is 5.32 Å². The van der Waals surface area contributed by atoms with E-state index in [9.17, 15) is 4.39 Å². The Morgan fingerprint density at radius 3 is 2.76 bits per heavy atom. The Bertz CT molecular complexity index is 635. The second-order valence-electron chi connectivity index (χ2n) is 5.90. The number of benzene rings is 2. The van der Waals surface area contributed by atoms with Crippen molar-refractivity contribution in [1.82, 2.24) is 5.32 Å². The first-order chi connectivity index (χ1) is 10.1. The Morgan fingerprint density at radius 2 is 2.00 bits per heavy atom. The standard InChI is InChI=1S/C18H19BrFN/c1-12-3-2-4-13(7-12)14-9-17(10-14)21-11-15-8-16(19)5-6-18(15)20/h2-8,14,17,21H,9-11H2,1H3. The van der Waals surface area contributed by atoms with Crippen LogP contribution in [-0.2, 0) is 6.54 Å². The molecule has 1 aliphatic carbocycles. The van der Waals surface area contributed by atoms with Gasteiger partial charge in [0.2, 0.25) is 0 Å². The summed E-state index contributed by atoms with van der Waals surface area (Å²) in [5.74, 6) is 0.509. The molecular weight excluding hydrogens is 329 g/mol. The first kappa shape index (κ1) is 14.7. The number of aryl methyl sites for hydroxylation is 1. The zero-order valence-electron chi connectivity index (χ0n) is 12.1. The van der Waals surface area contributed by atoms with Crippen LogP contribution in [0.3, 0.4) is 0 Å². The number of rotatable bonds is 4. The molecule has 2 aromatic rings. The average molecular weight is 348 g/mol. The average Bonchev–Trinajstić information content (AvgIpc) is 2.41. The van der Waals surface area contributed by atoms with Gasteiger partial charge in [-0.25, -0.2) is 4.39 Å². The molecule has 0 bridgehead atoms. The van der Waals surface area contributed by atoms with E-state index < -0.39 is 0 Å². The lowest BCUT2D eigenvalue weighted by Crippen LogP contribution is -2.39. The summed E-state index contributed by atoms with van der Waals surface area (Å²) >= 11 is 3.39. The van der Waals surface area contributed by atoms with E-state index in [2.05, 4.69) is 52.4 Å². The van der Waals surface area contributed by atoms with Crippen LogP contribution in [0.25, 0.3) is 0 Å². The van der Waals surface area contributed by atoms with E-state index >= 15 is 0 Å². The molecule has 3 heteroatoms. The third-order valence-corrected chi connectivity index (χ3v) is 4.73. The van der Waals surface area contributed by atoms with Crippen LogP contribution in [0.5, 0.6) is 0 Å². The second-order valence-corrected chi connectivity index (χ2v) is 6.81. The molecule has 0 saturated heterocycles. The van der Waals surface area contributed by atoms with Crippen LogP contribution >= 0.6 is 15.9 Å². The molecule has 1 aliphatic rings. The number of hydrogen-bond donors (Lipinski definition) is 1. The van der Waals surface area contributed by atoms with Gasteiger partial charge in [0.1, 0.15) is 5.82 Å². The summed E-state index contributed by atoms with van der Waals surface area (Å²) in [7, 11) is 0. The lowest BCUT2D eigenvalue weighted by atomic mass is 9.75. The molecular formula is C18H19BrFN. The Morgan fingerprint density at radius 1 is 1.19 bits per heavy atom. The van der Waals surface area contributed by atoms with Gasteiger partial charge in [0.05, 0.1) is 0 Å². The number of halogens is 2. The minimum atomic E-state index is -0.139. The largest absolute Gasteiger partial charge is 0.310 e. The highest BCUT2D eigenvalue weighted by Gasteiger charge is 2.29. The molecule has 0 aromatic heterocycles. The van der Waals surface area contributed by atoms with Gasteiger partial charge >= 0.3 is 0 Å². The van der Waals surface area contributed by atoms with E-state index in [1.807, 2.05) is 6.07 Å². The van der Waals surface area contributed by atoms with E-state index in [0.29, 0.717) is 18.5 Å². The Labute approximate surface area is 133 Å². The zero-order chi connectivity index (χ0) is 14.8. The monoisotopic (exact) mass is 347 g/mol. The Hall–Kier alpha value is -1.19. The molecule has 0 heterocycles. The van der Waals surface area contributed by atoms with Gasteiger partial charge in [0.25, 0.3) is 0 Å². The molecule has 0 unspecified atom stereocenters. The van der Waals surface area contributed by atoms with Gasteiger partial charge in [0.15, 0.2) is 0 Å². The summed E-state index contributed by atoms with van der Waals surface area (Å²) in [4.78, 5) is 0. The summed E-state index contributed by atoms with van der Waals surface area (Å²) in [6.45, 7) is 2.73. The molecule has 0 radical (unpaired) electrons. The number of hydrogen-bond acceptors (Lipinski definition) is 1. The predicted molar refractivity (Wildman–Crippen MR) is 87.9 cm³/mol. The first-order valence-corrected chi connectivity index (χ1v) is 8.15. The smallest absolute Gasteiger partial charge is 0.127 e. The van der Waals surface area contributed by atoms with Gasteiger partial charge in [-0.1, -0.05) is 45.8 Å².